The monoisotopic (exact) mass is 254 g/mol. The van der Waals surface area contributed by atoms with Crippen molar-refractivity contribution in [1.82, 2.24) is 4.98 Å². The van der Waals surface area contributed by atoms with Gasteiger partial charge in [0.2, 0.25) is 0 Å². The number of rotatable bonds is 2. The maximum absolute atomic E-state index is 13.0. The van der Waals surface area contributed by atoms with E-state index in [0.29, 0.717) is 0 Å². The van der Waals surface area contributed by atoms with Gasteiger partial charge in [-0.2, -0.15) is 0 Å². The van der Waals surface area contributed by atoms with Crippen molar-refractivity contribution in [3.8, 4) is 0 Å². The Morgan fingerprint density at radius 2 is 2.15 bits per heavy atom. The van der Waals surface area contributed by atoms with Gasteiger partial charge in [0.05, 0.1) is 5.56 Å². The van der Waals surface area contributed by atoms with Crippen molar-refractivity contribution in [2.75, 3.05) is 5.73 Å². The molecular formula is C7H6BrF3N2. The zero-order chi connectivity index (χ0) is 10.0. The first-order valence-corrected chi connectivity index (χ1v) is 4.47. The Kier molecular flexibility index (Phi) is 3.13. The summed E-state index contributed by atoms with van der Waals surface area (Å²) in [6, 6.07) is 0. The first kappa shape index (κ1) is 10.3. The molecule has 1 aromatic heterocycles. The lowest BCUT2D eigenvalue weighted by Gasteiger charge is -2.07. The molecule has 0 fully saturated rings. The van der Waals surface area contributed by atoms with Crippen LogP contribution in [-0.2, 0) is 5.33 Å². The topological polar surface area (TPSA) is 38.9 Å². The van der Waals surface area contributed by atoms with Crippen molar-refractivity contribution in [3.05, 3.63) is 23.1 Å². The van der Waals surface area contributed by atoms with E-state index in [4.69, 9.17) is 5.73 Å². The lowest BCUT2D eigenvalue weighted by atomic mass is 10.1. The van der Waals surface area contributed by atoms with Crippen LogP contribution < -0.4 is 5.73 Å². The smallest absolute Gasteiger partial charge is 0.267 e. The normalized spacial score (nSPS) is 10.8. The van der Waals surface area contributed by atoms with E-state index < -0.39 is 23.6 Å². The first-order valence-electron chi connectivity index (χ1n) is 3.34. The standard InChI is InChI=1S/C7H6BrF3N2/c8-1-3-2-13-7(12)5(9)4(3)6(10)11/h2,6H,1H2,(H2,12,13). The Hall–Kier alpha value is -0.780. The predicted molar refractivity (Wildman–Crippen MR) is 46.2 cm³/mol. The highest BCUT2D eigenvalue weighted by Gasteiger charge is 2.20. The van der Waals surface area contributed by atoms with Gasteiger partial charge in [-0.25, -0.2) is 18.2 Å². The maximum atomic E-state index is 13.0. The van der Waals surface area contributed by atoms with E-state index >= 15 is 0 Å². The molecule has 1 rings (SSSR count). The second-order valence-corrected chi connectivity index (χ2v) is 2.89. The molecular weight excluding hydrogens is 249 g/mol. The van der Waals surface area contributed by atoms with Crippen LogP contribution >= 0.6 is 15.9 Å². The predicted octanol–water partition coefficient (Wildman–Crippen LogP) is 2.64. The minimum atomic E-state index is -2.88. The Balaban J connectivity index is 3.32. The molecule has 0 aliphatic carbocycles. The highest BCUT2D eigenvalue weighted by molar-refractivity contribution is 9.08. The van der Waals surface area contributed by atoms with Gasteiger partial charge in [0.15, 0.2) is 11.6 Å². The molecule has 13 heavy (non-hydrogen) atoms. The molecule has 1 heterocycles. The molecule has 1 aromatic rings. The first-order chi connectivity index (χ1) is 6.07. The van der Waals surface area contributed by atoms with Gasteiger partial charge in [0.25, 0.3) is 6.43 Å². The van der Waals surface area contributed by atoms with E-state index in [1.54, 1.807) is 0 Å². The molecule has 0 saturated heterocycles. The molecule has 0 radical (unpaired) electrons. The minimum absolute atomic E-state index is 0.113. The number of nitrogens with zero attached hydrogens (tertiary/aromatic N) is 1. The third kappa shape index (κ3) is 1.93. The van der Waals surface area contributed by atoms with Crippen molar-refractivity contribution in [2.45, 2.75) is 11.8 Å². The highest BCUT2D eigenvalue weighted by Crippen LogP contribution is 2.28. The summed E-state index contributed by atoms with van der Waals surface area (Å²) in [5, 5.41) is 0.122. The van der Waals surface area contributed by atoms with Crippen LogP contribution in [-0.4, -0.2) is 4.98 Å². The van der Waals surface area contributed by atoms with Crippen LogP contribution in [0.15, 0.2) is 6.20 Å². The van der Waals surface area contributed by atoms with Crippen LogP contribution in [0.5, 0.6) is 0 Å². The fraction of sp³-hybridized carbons (Fsp3) is 0.286. The average Bonchev–Trinajstić information content (AvgIpc) is 2.08. The fourth-order valence-electron chi connectivity index (χ4n) is 0.895. The van der Waals surface area contributed by atoms with E-state index in [1.165, 1.54) is 0 Å². The second kappa shape index (κ2) is 3.95. The van der Waals surface area contributed by atoms with E-state index in [1.807, 2.05) is 0 Å². The third-order valence-corrected chi connectivity index (χ3v) is 2.13. The Labute approximate surface area is 81.1 Å². The summed E-state index contributed by atoms with van der Waals surface area (Å²) in [6.07, 6.45) is -1.74. The molecule has 0 saturated carbocycles. The van der Waals surface area contributed by atoms with E-state index in [2.05, 4.69) is 20.9 Å². The number of halogens is 4. The van der Waals surface area contributed by atoms with Crippen LogP contribution in [0.25, 0.3) is 0 Å². The third-order valence-electron chi connectivity index (χ3n) is 1.53. The van der Waals surface area contributed by atoms with Gasteiger partial charge in [-0.1, -0.05) is 15.9 Å². The number of hydrogen-bond acceptors (Lipinski definition) is 2. The van der Waals surface area contributed by atoms with Gasteiger partial charge in [-0.3, -0.25) is 0 Å². The van der Waals surface area contributed by atoms with Crippen molar-refractivity contribution < 1.29 is 13.2 Å². The molecule has 0 amide bonds. The minimum Gasteiger partial charge on any atom is -0.381 e. The number of nitrogens with two attached hydrogens (primary N) is 1. The van der Waals surface area contributed by atoms with E-state index in [-0.39, 0.29) is 10.9 Å². The molecule has 0 aromatic carbocycles. The molecule has 2 N–H and O–H groups in total. The van der Waals surface area contributed by atoms with Gasteiger partial charge in [0.1, 0.15) is 0 Å². The quantitative estimate of drug-likeness (QED) is 0.825. The highest BCUT2D eigenvalue weighted by atomic mass is 79.9. The Morgan fingerprint density at radius 3 is 2.62 bits per heavy atom. The Morgan fingerprint density at radius 1 is 1.54 bits per heavy atom. The van der Waals surface area contributed by atoms with Gasteiger partial charge < -0.3 is 5.73 Å². The van der Waals surface area contributed by atoms with E-state index in [0.717, 1.165) is 6.20 Å². The molecule has 72 valence electrons. The summed E-state index contributed by atoms with van der Waals surface area (Å²) in [5.41, 5.74) is 4.48. The molecule has 0 unspecified atom stereocenters. The van der Waals surface area contributed by atoms with Crippen LogP contribution in [0.4, 0.5) is 19.0 Å². The van der Waals surface area contributed by atoms with Crippen molar-refractivity contribution >= 4 is 21.7 Å². The number of pyridine rings is 1. The van der Waals surface area contributed by atoms with Crippen LogP contribution in [0.1, 0.15) is 17.6 Å². The summed E-state index contributed by atoms with van der Waals surface area (Å²) in [7, 11) is 0. The number of alkyl halides is 3. The zero-order valence-corrected chi connectivity index (χ0v) is 7.98. The average molecular weight is 255 g/mol. The second-order valence-electron chi connectivity index (χ2n) is 2.33. The van der Waals surface area contributed by atoms with E-state index in [9.17, 15) is 13.2 Å². The number of nitrogen functional groups attached to an aromatic ring is 1. The number of aromatic nitrogens is 1. The van der Waals surface area contributed by atoms with Crippen molar-refractivity contribution in [2.24, 2.45) is 0 Å². The zero-order valence-electron chi connectivity index (χ0n) is 6.40. The summed E-state index contributed by atoms with van der Waals surface area (Å²) in [6.45, 7) is 0. The lowest BCUT2D eigenvalue weighted by Crippen LogP contribution is -2.04. The molecule has 0 bridgehead atoms. The molecule has 6 heteroatoms. The number of anilines is 1. The summed E-state index contributed by atoms with van der Waals surface area (Å²) in [4.78, 5) is 3.43. The number of hydrogen-bond donors (Lipinski definition) is 1. The van der Waals surface area contributed by atoms with Gasteiger partial charge in [0, 0.05) is 11.5 Å². The molecule has 0 atom stereocenters. The molecule has 0 aliphatic heterocycles. The SMILES string of the molecule is Nc1ncc(CBr)c(C(F)F)c1F. The largest absolute Gasteiger partial charge is 0.381 e. The molecule has 0 spiro atoms. The van der Waals surface area contributed by atoms with Gasteiger partial charge in [-0.15, -0.1) is 0 Å². The summed E-state index contributed by atoms with van der Waals surface area (Å²) >= 11 is 2.95. The van der Waals surface area contributed by atoms with Crippen LogP contribution in [0.2, 0.25) is 0 Å². The maximum Gasteiger partial charge on any atom is 0.267 e. The van der Waals surface area contributed by atoms with Crippen molar-refractivity contribution in [3.63, 3.8) is 0 Å². The lowest BCUT2D eigenvalue weighted by molar-refractivity contribution is 0.145. The Bertz CT molecular complexity index is 317. The molecule has 0 aliphatic rings. The molecule has 2 nitrogen and oxygen atoms in total. The van der Waals surface area contributed by atoms with Gasteiger partial charge in [-0.05, 0) is 5.56 Å². The summed E-state index contributed by atoms with van der Waals surface area (Å²) < 4.78 is 37.6. The fourth-order valence-corrected chi connectivity index (χ4v) is 1.34. The van der Waals surface area contributed by atoms with Crippen molar-refractivity contribution in [1.29, 1.82) is 0 Å². The van der Waals surface area contributed by atoms with Crippen LogP contribution in [0.3, 0.4) is 0 Å². The van der Waals surface area contributed by atoms with Crippen LogP contribution in [0, 0.1) is 5.82 Å². The van der Waals surface area contributed by atoms with Gasteiger partial charge >= 0.3 is 0 Å². The summed E-state index contributed by atoms with van der Waals surface area (Å²) in [5.74, 6) is -1.63.